The first-order valence-corrected chi connectivity index (χ1v) is 13.5. The average Bonchev–Trinajstić information content (AvgIpc) is 3.70. The van der Waals surface area contributed by atoms with Gasteiger partial charge in [-0.05, 0) is 68.1 Å². The third kappa shape index (κ3) is 6.69. The minimum absolute atomic E-state index is 0.00937. The second kappa shape index (κ2) is 11.6. The van der Waals surface area contributed by atoms with Crippen LogP contribution in [0.2, 0.25) is 0 Å². The Balaban J connectivity index is 1.35. The van der Waals surface area contributed by atoms with E-state index in [4.69, 9.17) is 0 Å². The van der Waals surface area contributed by atoms with E-state index in [9.17, 15) is 14.4 Å². The monoisotopic (exact) mass is 485 g/mol. The topological polar surface area (TPSA) is 78.5 Å². The number of hydrogen-bond donors (Lipinski definition) is 2. The fourth-order valence-electron chi connectivity index (χ4n) is 5.53. The van der Waals surface area contributed by atoms with Crippen molar-refractivity contribution in [2.75, 3.05) is 19.6 Å². The van der Waals surface area contributed by atoms with Crippen molar-refractivity contribution in [1.29, 1.82) is 0 Å². The Labute approximate surface area is 208 Å². The first kappa shape index (κ1) is 25.8. The van der Waals surface area contributed by atoms with Gasteiger partial charge in [0.1, 0.15) is 5.82 Å². The van der Waals surface area contributed by atoms with Crippen molar-refractivity contribution in [3.8, 4) is 0 Å². The minimum Gasteiger partial charge on any atom is -0.342 e. The fourth-order valence-corrected chi connectivity index (χ4v) is 5.53. The summed E-state index contributed by atoms with van der Waals surface area (Å²) in [4.78, 5) is 40.1. The lowest BCUT2D eigenvalue weighted by Crippen LogP contribution is -2.48. The number of rotatable bonds is 9. The lowest BCUT2D eigenvalue weighted by atomic mass is 9.80. The highest BCUT2D eigenvalue weighted by molar-refractivity contribution is 5.98. The molecule has 0 aromatic heterocycles. The van der Waals surface area contributed by atoms with Gasteiger partial charge in [-0.2, -0.15) is 0 Å². The van der Waals surface area contributed by atoms with Crippen LogP contribution in [0, 0.1) is 17.7 Å². The number of hydrogen-bond acceptors (Lipinski definition) is 4. The Kier molecular flexibility index (Phi) is 8.58. The molecule has 2 aliphatic carbocycles. The van der Waals surface area contributed by atoms with Crippen LogP contribution in [-0.4, -0.2) is 54.2 Å². The van der Waals surface area contributed by atoms with Gasteiger partial charge in [-0.15, -0.1) is 0 Å². The molecule has 4 rings (SSSR count). The number of halogens is 1. The molecule has 1 aromatic carbocycles. The van der Waals surface area contributed by atoms with Crippen molar-refractivity contribution in [3.63, 3.8) is 0 Å². The maximum Gasteiger partial charge on any atom is 0.254 e. The standard InChI is InChI=1S/C28H40FN3O3/c1-18(2)27(34)26(20-6-4-3-5-7-20)31-28(35)23-11-8-21(16-24(23)29)19-12-14-32(15-13-19)25(33)17-30-22-9-10-22/h8,11,16,18-20,22,26,30H,3-7,9-10,12-15,17H2,1-2H3,(H,31,35). The van der Waals surface area contributed by atoms with Crippen LogP contribution in [-0.2, 0) is 9.59 Å². The third-order valence-electron chi connectivity index (χ3n) is 7.96. The van der Waals surface area contributed by atoms with Crippen molar-refractivity contribution in [2.45, 2.75) is 89.6 Å². The van der Waals surface area contributed by atoms with Crippen LogP contribution >= 0.6 is 0 Å². The fraction of sp³-hybridized carbons (Fsp3) is 0.679. The molecule has 1 aliphatic heterocycles. The zero-order valence-corrected chi connectivity index (χ0v) is 21.2. The van der Waals surface area contributed by atoms with E-state index in [1.807, 2.05) is 24.8 Å². The average molecular weight is 486 g/mol. The summed E-state index contributed by atoms with van der Waals surface area (Å²) < 4.78 is 15.1. The van der Waals surface area contributed by atoms with E-state index in [2.05, 4.69) is 10.6 Å². The van der Waals surface area contributed by atoms with Gasteiger partial charge < -0.3 is 15.5 Å². The van der Waals surface area contributed by atoms with Crippen LogP contribution in [0.3, 0.4) is 0 Å². The van der Waals surface area contributed by atoms with Crippen molar-refractivity contribution in [3.05, 3.63) is 35.1 Å². The van der Waals surface area contributed by atoms with E-state index in [-0.39, 0.29) is 35.0 Å². The maximum atomic E-state index is 15.1. The summed E-state index contributed by atoms with van der Waals surface area (Å²) in [6.45, 7) is 5.43. The molecular formula is C28H40FN3O3. The van der Waals surface area contributed by atoms with Gasteiger partial charge in [0.15, 0.2) is 5.78 Å². The van der Waals surface area contributed by atoms with Gasteiger partial charge in [-0.3, -0.25) is 14.4 Å². The zero-order chi connectivity index (χ0) is 24.9. The van der Waals surface area contributed by atoms with Crippen LogP contribution in [0.25, 0.3) is 0 Å². The van der Waals surface area contributed by atoms with Crippen molar-refractivity contribution in [1.82, 2.24) is 15.5 Å². The normalized spacial score (nSPS) is 20.6. The van der Waals surface area contributed by atoms with Gasteiger partial charge in [0.05, 0.1) is 18.2 Å². The molecule has 1 aromatic rings. The number of carbonyl (C=O) groups is 3. The molecule has 0 spiro atoms. The molecule has 3 aliphatic rings. The molecule has 0 bridgehead atoms. The second-order valence-corrected chi connectivity index (χ2v) is 11.0. The summed E-state index contributed by atoms with van der Waals surface area (Å²) in [5.41, 5.74) is 0.856. The predicted octanol–water partition coefficient (Wildman–Crippen LogP) is 4.19. The number of ketones is 1. The molecule has 1 saturated heterocycles. The Morgan fingerprint density at radius 2 is 1.69 bits per heavy atom. The molecule has 1 heterocycles. The Hall–Kier alpha value is -2.28. The Morgan fingerprint density at radius 1 is 1.00 bits per heavy atom. The molecule has 1 atom stereocenters. The maximum absolute atomic E-state index is 15.1. The smallest absolute Gasteiger partial charge is 0.254 e. The van der Waals surface area contributed by atoms with Crippen LogP contribution in [0.15, 0.2) is 18.2 Å². The molecule has 35 heavy (non-hydrogen) atoms. The molecule has 2 saturated carbocycles. The largest absolute Gasteiger partial charge is 0.342 e. The number of benzene rings is 1. The summed E-state index contributed by atoms with van der Waals surface area (Å²) in [5.74, 6) is -0.796. The number of likely N-dealkylation sites (tertiary alicyclic amines) is 1. The molecule has 2 N–H and O–H groups in total. The SMILES string of the molecule is CC(C)C(=O)C(NC(=O)c1ccc(C2CCN(C(=O)CNC3CC3)CC2)cc1F)C1CCCCC1. The molecule has 0 radical (unpaired) electrons. The van der Waals surface area contributed by atoms with Gasteiger partial charge >= 0.3 is 0 Å². The molecule has 192 valence electrons. The lowest BCUT2D eigenvalue weighted by molar-refractivity contribution is -0.131. The second-order valence-electron chi connectivity index (χ2n) is 11.0. The van der Waals surface area contributed by atoms with Gasteiger partial charge in [-0.1, -0.05) is 39.2 Å². The van der Waals surface area contributed by atoms with E-state index in [0.29, 0.717) is 25.7 Å². The third-order valence-corrected chi connectivity index (χ3v) is 7.96. The van der Waals surface area contributed by atoms with E-state index < -0.39 is 17.8 Å². The summed E-state index contributed by atoms with van der Waals surface area (Å²) >= 11 is 0. The van der Waals surface area contributed by atoms with E-state index >= 15 is 4.39 Å². The van der Waals surface area contributed by atoms with E-state index in [1.165, 1.54) is 6.07 Å². The quantitative estimate of drug-likeness (QED) is 0.550. The first-order valence-electron chi connectivity index (χ1n) is 13.5. The molecule has 1 unspecified atom stereocenters. The molecule has 6 nitrogen and oxygen atoms in total. The van der Waals surface area contributed by atoms with Crippen molar-refractivity contribution >= 4 is 17.6 Å². The number of nitrogens with zero attached hydrogens (tertiary/aromatic N) is 1. The van der Waals surface area contributed by atoms with Crippen molar-refractivity contribution in [2.24, 2.45) is 11.8 Å². The van der Waals surface area contributed by atoms with E-state index in [1.54, 1.807) is 6.07 Å². The Bertz CT molecular complexity index is 916. The van der Waals surface area contributed by atoms with Crippen LogP contribution in [0.5, 0.6) is 0 Å². The highest BCUT2D eigenvalue weighted by Crippen LogP contribution is 2.31. The Morgan fingerprint density at radius 3 is 2.29 bits per heavy atom. The number of nitrogens with one attached hydrogen (secondary N) is 2. The van der Waals surface area contributed by atoms with Gasteiger partial charge in [-0.25, -0.2) is 4.39 Å². The summed E-state index contributed by atoms with van der Waals surface area (Å²) in [7, 11) is 0. The van der Waals surface area contributed by atoms with Gasteiger partial charge in [0.2, 0.25) is 5.91 Å². The molecule has 3 fully saturated rings. The summed E-state index contributed by atoms with van der Waals surface area (Å²) in [6.07, 6.45) is 9.01. The highest BCUT2D eigenvalue weighted by atomic mass is 19.1. The summed E-state index contributed by atoms with van der Waals surface area (Å²) in [6, 6.07) is 4.80. The number of piperidine rings is 1. The zero-order valence-electron chi connectivity index (χ0n) is 21.2. The van der Waals surface area contributed by atoms with Crippen LogP contribution in [0.1, 0.15) is 93.5 Å². The lowest BCUT2D eigenvalue weighted by Gasteiger charge is -2.32. The van der Waals surface area contributed by atoms with Crippen molar-refractivity contribution < 1.29 is 18.8 Å². The number of Topliss-reactive ketones (excluding diaryl/α,β-unsaturated/α-hetero) is 1. The van der Waals surface area contributed by atoms with E-state index in [0.717, 1.165) is 63.4 Å². The summed E-state index contributed by atoms with van der Waals surface area (Å²) in [5, 5.41) is 6.16. The van der Waals surface area contributed by atoms with Gasteiger partial charge in [0.25, 0.3) is 5.91 Å². The van der Waals surface area contributed by atoms with Gasteiger partial charge in [0, 0.05) is 25.0 Å². The molecular weight excluding hydrogens is 445 g/mol. The predicted molar refractivity (Wildman–Crippen MR) is 134 cm³/mol. The number of amides is 2. The number of carbonyl (C=O) groups excluding carboxylic acids is 3. The van der Waals surface area contributed by atoms with Crippen LogP contribution in [0.4, 0.5) is 4.39 Å². The minimum atomic E-state index is -0.557. The highest BCUT2D eigenvalue weighted by Gasteiger charge is 2.33. The first-order chi connectivity index (χ1) is 16.8. The molecule has 7 heteroatoms. The van der Waals surface area contributed by atoms with Crippen LogP contribution < -0.4 is 10.6 Å². The molecule has 2 amide bonds.